The average Bonchev–Trinajstić information content (AvgIpc) is 2.82. The Kier molecular flexibility index (Phi) is 4.77. The maximum absolute atomic E-state index is 12.2. The molecule has 1 aromatic heterocycles. The smallest absolute Gasteiger partial charge is 0.420 e. The number of carbonyl (C=O) groups is 1. The Balaban J connectivity index is 1.46. The Hall–Kier alpha value is -2.93. The number of benzene rings is 2. The van der Waals surface area contributed by atoms with Crippen LogP contribution >= 0.6 is 11.6 Å². The molecule has 3 aromatic rings. The molecule has 2 heterocycles. The van der Waals surface area contributed by atoms with Gasteiger partial charge in [-0.2, -0.15) is 0 Å². The molecule has 1 aliphatic heterocycles. The van der Waals surface area contributed by atoms with E-state index < -0.39 is 11.7 Å². The van der Waals surface area contributed by atoms with Gasteiger partial charge in [0, 0.05) is 6.42 Å². The number of hydrogen-bond donors (Lipinski definition) is 0. The molecule has 0 N–H and O–H groups in total. The Bertz CT molecular complexity index is 1050. The standard InChI is InChI=1S/C19H16ClNO6/c20-13-8-12(9-16-18(13)25-7-3-6-24-16)11-26-17(22)10-21-14-4-1-2-5-15(14)27-19(21)23/h1-2,4-5,8-9H,3,6-7,10-11H2. The van der Waals surface area contributed by atoms with Gasteiger partial charge in [-0.05, 0) is 29.8 Å². The van der Waals surface area contributed by atoms with Crippen LogP contribution in [-0.4, -0.2) is 23.8 Å². The van der Waals surface area contributed by atoms with E-state index >= 15 is 0 Å². The molecule has 0 aliphatic carbocycles. The third kappa shape index (κ3) is 3.64. The lowest BCUT2D eigenvalue weighted by atomic mass is 10.2. The van der Waals surface area contributed by atoms with E-state index in [0.29, 0.717) is 46.4 Å². The minimum Gasteiger partial charge on any atom is -0.489 e. The molecule has 4 rings (SSSR count). The molecule has 0 radical (unpaired) electrons. The van der Waals surface area contributed by atoms with Crippen molar-refractivity contribution in [1.29, 1.82) is 0 Å². The first-order valence-electron chi connectivity index (χ1n) is 8.44. The van der Waals surface area contributed by atoms with Crippen LogP contribution in [0, 0.1) is 0 Å². The molecule has 0 saturated heterocycles. The predicted molar refractivity (Wildman–Crippen MR) is 97.3 cm³/mol. The largest absolute Gasteiger partial charge is 0.489 e. The summed E-state index contributed by atoms with van der Waals surface area (Å²) in [5.74, 6) is -0.137. The molecular weight excluding hydrogens is 374 g/mol. The fourth-order valence-electron chi connectivity index (χ4n) is 2.87. The third-order valence-corrected chi connectivity index (χ3v) is 4.40. The van der Waals surface area contributed by atoms with E-state index in [2.05, 4.69) is 0 Å². The second-order valence-corrected chi connectivity index (χ2v) is 6.45. The SMILES string of the molecule is O=C(Cn1c(=O)oc2ccccc21)OCc1cc(Cl)c2c(c1)OCCCO2. The van der Waals surface area contributed by atoms with Crippen molar-refractivity contribution in [1.82, 2.24) is 4.57 Å². The van der Waals surface area contributed by atoms with Gasteiger partial charge in [0.2, 0.25) is 0 Å². The van der Waals surface area contributed by atoms with Crippen LogP contribution in [0.4, 0.5) is 0 Å². The zero-order valence-corrected chi connectivity index (χ0v) is 15.0. The van der Waals surface area contributed by atoms with E-state index in [0.717, 1.165) is 6.42 Å². The number of nitrogens with zero attached hydrogens (tertiary/aromatic N) is 1. The van der Waals surface area contributed by atoms with Crippen molar-refractivity contribution in [3.8, 4) is 11.5 Å². The predicted octanol–water partition coefficient (Wildman–Crippen LogP) is 3.15. The minimum atomic E-state index is -0.605. The monoisotopic (exact) mass is 389 g/mol. The molecule has 2 aromatic carbocycles. The normalized spacial score (nSPS) is 13.4. The summed E-state index contributed by atoms with van der Waals surface area (Å²) in [5, 5.41) is 0.400. The quantitative estimate of drug-likeness (QED) is 0.638. The van der Waals surface area contributed by atoms with Gasteiger partial charge in [-0.15, -0.1) is 0 Å². The molecule has 7 nitrogen and oxygen atoms in total. The number of halogens is 1. The number of oxazole rings is 1. The van der Waals surface area contributed by atoms with Gasteiger partial charge in [0.15, 0.2) is 17.1 Å². The van der Waals surface area contributed by atoms with Crippen LogP contribution in [0.25, 0.3) is 11.1 Å². The maximum atomic E-state index is 12.2. The van der Waals surface area contributed by atoms with Crippen molar-refractivity contribution < 1.29 is 23.4 Å². The molecule has 27 heavy (non-hydrogen) atoms. The number of para-hydroxylation sites is 2. The molecule has 0 fully saturated rings. The van der Waals surface area contributed by atoms with Crippen molar-refractivity contribution in [3.05, 3.63) is 57.5 Å². The Morgan fingerprint density at radius 3 is 2.89 bits per heavy atom. The van der Waals surface area contributed by atoms with Gasteiger partial charge in [0.25, 0.3) is 0 Å². The van der Waals surface area contributed by atoms with Gasteiger partial charge in [0.05, 0.1) is 23.8 Å². The first-order valence-corrected chi connectivity index (χ1v) is 8.81. The molecule has 1 aliphatic rings. The zero-order valence-electron chi connectivity index (χ0n) is 14.3. The van der Waals surface area contributed by atoms with E-state index in [9.17, 15) is 9.59 Å². The molecule has 140 valence electrons. The molecule has 8 heteroatoms. The fraction of sp³-hybridized carbons (Fsp3) is 0.263. The number of fused-ring (bicyclic) bond motifs is 2. The van der Waals surface area contributed by atoms with Gasteiger partial charge in [-0.1, -0.05) is 23.7 Å². The van der Waals surface area contributed by atoms with Gasteiger partial charge in [-0.25, -0.2) is 4.79 Å². The van der Waals surface area contributed by atoms with Crippen molar-refractivity contribution in [2.24, 2.45) is 0 Å². The fourth-order valence-corrected chi connectivity index (χ4v) is 3.16. The lowest BCUT2D eigenvalue weighted by Gasteiger charge is -2.12. The first kappa shape index (κ1) is 17.5. The number of esters is 1. The number of rotatable bonds is 4. The van der Waals surface area contributed by atoms with Crippen molar-refractivity contribution in [2.45, 2.75) is 19.6 Å². The van der Waals surface area contributed by atoms with Gasteiger partial charge < -0.3 is 18.6 Å². The van der Waals surface area contributed by atoms with E-state index in [-0.39, 0.29) is 13.2 Å². The molecule has 0 saturated carbocycles. The summed E-state index contributed by atoms with van der Waals surface area (Å²) in [6.45, 7) is 0.825. The summed E-state index contributed by atoms with van der Waals surface area (Å²) < 4.78 is 22.8. The number of aromatic nitrogens is 1. The van der Waals surface area contributed by atoms with Gasteiger partial charge in [-0.3, -0.25) is 9.36 Å². The second-order valence-electron chi connectivity index (χ2n) is 6.04. The summed E-state index contributed by atoms with van der Waals surface area (Å²) >= 11 is 6.23. The zero-order chi connectivity index (χ0) is 18.8. The average molecular weight is 390 g/mol. The van der Waals surface area contributed by atoms with Gasteiger partial charge >= 0.3 is 11.7 Å². The van der Waals surface area contributed by atoms with Crippen molar-refractivity contribution in [2.75, 3.05) is 13.2 Å². The van der Waals surface area contributed by atoms with Crippen LogP contribution in [0.5, 0.6) is 11.5 Å². The van der Waals surface area contributed by atoms with E-state index in [1.807, 2.05) is 0 Å². The maximum Gasteiger partial charge on any atom is 0.420 e. The van der Waals surface area contributed by atoms with E-state index in [4.69, 9.17) is 30.2 Å². The highest BCUT2D eigenvalue weighted by molar-refractivity contribution is 6.32. The van der Waals surface area contributed by atoms with Gasteiger partial charge in [0.1, 0.15) is 13.2 Å². The number of hydrogen-bond acceptors (Lipinski definition) is 6. The lowest BCUT2D eigenvalue weighted by molar-refractivity contribution is -0.145. The highest BCUT2D eigenvalue weighted by Crippen LogP contribution is 2.38. The molecular formula is C19H16ClNO6. The molecule has 0 spiro atoms. The summed E-state index contributed by atoms with van der Waals surface area (Å²) in [6, 6.07) is 10.3. The van der Waals surface area contributed by atoms with Crippen LogP contribution in [0.2, 0.25) is 5.02 Å². The molecule has 0 unspecified atom stereocenters. The van der Waals surface area contributed by atoms with Crippen LogP contribution in [-0.2, 0) is 22.7 Å². The van der Waals surface area contributed by atoms with E-state index in [1.165, 1.54) is 4.57 Å². The van der Waals surface area contributed by atoms with E-state index in [1.54, 1.807) is 36.4 Å². The third-order valence-electron chi connectivity index (χ3n) is 4.12. The summed E-state index contributed by atoms with van der Waals surface area (Å²) in [6.07, 6.45) is 0.767. The topological polar surface area (TPSA) is 79.9 Å². The molecule has 0 amide bonds. The summed E-state index contributed by atoms with van der Waals surface area (Å²) in [7, 11) is 0. The summed E-state index contributed by atoms with van der Waals surface area (Å²) in [5.41, 5.74) is 1.63. The Morgan fingerprint density at radius 2 is 2.00 bits per heavy atom. The second kappa shape index (κ2) is 7.36. The highest BCUT2D eigenvalue weighted by Gasteiger charge is 2.17. The van der Waals surface area contributed by atoms with Crippen LogP contribution in [0.3, 0.4) is 0 Å². The van der Waals surface area contributed by atoms with Crippen LogP contribution in [0.15, 0.2) is 45.6 Å². The molecule has 0 bridgehead atoms. The highest BCUT2D eigenvalue weighted by atomic mass is 35.5. The summed E-state index contributed by atoms with van der Waals surface area (Å²) in [4.78, 5) is 24.1. The van der Waals surface area contributed by atoms with Crippen LogP contribution < -0.4 is 15.2 Å². The number of ether oxygens (including phenoxy) is 3. The van der Waals surface area contributed by atoms with Crippen molar-refractivity contribution >= 4 is 28.7 Å². The lowest BCUT2D eigenvalue weighted by Crippen LogP contribution is -2.21. The number of carbonyl (C=O) groups excluding carboxylic acids is 1. The first-order chi connectivity index (χ1) is 13.1. The molecule has 0 atom stereocenters. The minimum absolute atomic E-state index is 0.000270. The Morgan fingerprint density at radius 1 is 1.19 bits per heavy atom. The Labute approximate surface area is 159 Å². The van der Waals surface area contributed by atoms with Crippen molar-refractivity contribution in [3.63, 3.8) is 0 Å². The van der Waals surface area contributed by atoms with Crippen LogP contribution in [0.1, 0.15) is 12.0 Å².